The minimum atomic E-state index is 0.549. The lowest BCUT2D eigenvalue weighted by Crippen LogP contribution is -2.19. The van der Waals surface area contributed by atoms with E-state index < -0.39 is 0 Å². The van der Waals surface area contributed by atoms with Gasteiger partial charge in [-0.25, -0.2) is 0 Å². The molecular weight excluding hydrogens is 252 g/mol. The van der Waals surface area contributed by atoms with Crippen molar-refractivity contribution >= 4 is 0 Å². The van der Waals surface area contributed by atoms with Gasteiger partial charge in [0, 0.05) is 19.2 Å². The van der Waals surface area contributed by atoms with Crippen molar-refractivity contribution in [1.82, 2.24) is 10.5 Å². The van der Waals surface area contributed by atoms with Crippen LogP contribution in [-0.4, -0.2) is 18.3 Å². The van der Waals surface area contributed by atoms with E-state index in [2.05, 4.69) is 24.3 Å². The Balaban J connectivity index is 1.62. The van der Waals surface area contributed by atoms with E-state index in [1.54, 1.807) is 0 Å². The van der Waals surface area contributed by atoms with E-state index in [0.717, 1.165) is 37.1 Å². The van der Waals surface area contributed by atoms with Crippen LogP contribution in [0.4, 0.5) is 0 Å². The number of nitrogens with zero attached hydrogens (tertiary/aromatic N) is 1. The van der Waals surface area contributed by atoms with E-state index >= 15 is 0 Å². The monoisotopic (exact) mass is 280 g/mol. The van der Waals surface area contributed by atoms with Gasteiger partial charge in [-0.05, 0) is 31.2 Å². The fourth-order valence-electron chi connectivity index (χ4n) is 2.68. The van der Waals surface area contributed by atoms with Gasteiger partial charge in [0.25, 0.3) is 0 Å². The number of hydrogen-bond donors (Lipinski definition) is 1. The summed E-state index contributed by atoms with van der Waals surface area (Å²) in [4.78, 5) is 0. The summed E-state index contributed by atoms with van der Waals surface area (Å²) < 4.78 is 11.1. The highest BCUT2D eigenvalue weighted by atomic mass is 16.5. The molecule has 4 nitrogen and oxygen atoms in total. The van der Waals surface area contributed by atoms with E-state index in [9.17, 15) is 0 Å². The Kier molecular flexibility index (Phi) is 6.54. The molecule has 1 aromatic rings. The summed E-state index contributed by atoms with van der Waals surface area (Å²) in [5.74, 6) is 2.24. The first-order valence-corrected chi connectivity index (χ1v) is 7.97. The van der Waals surface area contributed by atoms with Crippen LogP contribution >= 0.6 is 0 Å². The minimum Gasteiger partial charge on any atom is -0.373 e. The topological polar surface area (TPSA) is 47.3 Å². The maximum Gasteiger partial charge on any atom is 0.162 e. The molecule has 20 heavy (non-hydrogen) atoms. The number of aromatic nitrogens is 1. The highest BCUT2D eigenvalue weighted by molar-refractivity contribution is 5.04. The van der Waals surface area contributed by atoms with Crippen LogP contribution in [0.3, 0.4) is 0 Å². The zero-order valence-electron chi connectivity index (χ0n) is 12.9. The minimum absolute atomic E-state index is 0.549. The summed E-state index contributed by atoms with van der Waals surface area (Å²) in [6, 6.07) is 1.99. The number of nitrogens with one attached hydrogen (secondary N) is 1. The summed E-state index contributed by atoms with van der Waals surface area (Å²) >= 11 is 0. The molecule has 0 bridgehead atoms. The van der Waals surface area contributed by atoms with Crippen LogP contribution in [0.1, 0.15) is 57.4 Å². The van der Waals surface area contributed by atoms with Gasteiger partial charge in [0.2, 0.25) is 0 Å². The van der Waals surface area contributed by atoms with E-state index in [1.165, 1.54) is 32.1 Å². The van der Waals surface area contributed by atoms with Crippen LogP contribution in [-0.2, 0) is 17.9 Å². The van der Waals surface area contributed by atoms with Crippen LogP contribution in [0, 0.1) is 11.8 Å². The summed E-state index contributed by atoms with van der Waals surface area (Å²) in [5.41, 5.74) is 0.960. The van der Waals surface area contributed by atoms with Gasteiger partial charge >= 0.3 is 0 Å². The van der Waals surface area contributed by atoms with Crippen molar-refractivity contribution < 1.29 is 9.26 Å². The fourth-order valence-corrected chi connectivity index (χ4v) is 2.68. The summed E-state index contributed by atoms with van der Waals surface area (Å²) in [7, 11) is 0. The molecular formula is C16H28N2O2. The lowest BCUT2D eigenvalue weighted by Gasteiger charge is -2.20. The molecule has 1 fully saturated rings. The highest BCUT2D eigenvalue weighted by Gasteiger charge is 2.13. The quantitative estimate of drug-likeness (QED) is 0.791. The molecule has 0 spiro atoms. The summed E-state index contributed by atoms with van der Waals surface area (Å²) in [6.07, 6.45) is 6.76. The second-order valence-electron chi connectivity index (χ2n) is 6.33. The smallest absolute Gasteiger partial charge is 0.162 e. The fraction of sp³-hybridized carbons (Fsp3) is 0.812. The average Bonchev–Trinajstić information content (AvgIpc) is 2.87. The number of rotatable bonds is 8. The lowest BCUT2D eigenvalue weighted by atomic mass is 9.90. The highest BCUT2D eigenvalue weighted by Crippen LogP contribution is 2.23. The summed E-state index contributed by atoms with van der Waals surface area (Å²) in [6.45, 7) is 7.57. The van der Waals surface area contributed by atoms with Crippen LogP contribution in [0.2, 0.25) is 0 Å². The zero-order valence-corrected chi connectivity index (χ0v) is 12.9. The Labute approximate surface area is 122 Å². The van der Waals surface area contributed by atoms with Crippen LogP contribution in [0.15, 0.2) is 10.6 Å². The van der Waals surface area contributed by atoms with Crippen LogP contribution in [0.5, 0.6) is 0 Å². The Hall–Kier alpha value is -0.870. The predicted molar refractivity (Wildman–Crippen MR) is 79.3 cm³/mol. The van der Waals surface area contributed by atoms with Crippen molar-refractivity contribution in [2.75, 3.05) is 13.2 Å². The zero-order chi connectivity index (χ0) is 14.2. The van der Waals surface area contributed by atoms with Crippen molar-refractivity contribution in [1.29, 1.82) is 0 Å². The molecule has 2 rings (SSSR count). The molecule has 4 heteroatoms. The van der Waals surface area contributed by atoms with Crippen molar-refractivity contribution in [3.8, 4) is 0 Å². The second kappa shape index (κ2) is 8.42. The SMILES string of the molecule is CC(C)CNCc1cc(COCC2CCCCC2)on1. The molecule has 0 radical (unpaired) electrons. The second-order valence-corrected chi connectivity index (χ2v) is 6.33. The van der Waals surface area contributed by atoms with Gasteiger partial charge in [-0.3, -0.25) is 0 Å². The third-order valence-electron chi connectivity index (χ3n) is 3.79. The Morgan fingerprint density at radius 2 is 2.15 bits per heavy atom. The predicted octanol–water partition coefficient (Wildman–Crippen LogP) is 3.52. The molecule has 1 saturated carbocycles. The Bertz CT molecular complexity index is 370. The molecule has 1 heterocycles. The van der Waals surface area contributed by atoms with E-state index in [4.69, 9.17) is 9.26 Å². The first kappa shape index (κ1) is 15.5. The molecule has 1 aliphatic rings. The lowest BCUT2D eigenvalue weighted by molar-refractivity contribution is 0.0606. The summed E-state index contributed by atoms with van der Waals surface area (Å²) in [5, 5.41) is 7.42. The molecule has 1 aromatic heterocycles. The van der Waals surface area contributed by atoms with Crippen LogP contribution < -0.4 is 5.32 Å². The molecule has 0 atom stereocenters. The molecule has 1 aliphatic carbocycles. The van der Waals surface area contributed by atoms with E-state index in [1.807, 2.05) is 6.07 Å². The average molecular weight is 280 g/mol. The third kappa shape index (κ3) is 5.63. The van der Waals surface area contributed by atoms with Crippen molar-refractivity contribution in [3.63, 3.8) is 0 Å². The molecule has 0 amide bonds. The Morgan fingerprint density at radius 3 is 2.90 bits per heavy atom. The molecule has 114 valence electrons. The number of hydrogen-bond acceptors (Lipinski definition) is 4. The van der Waals surface area contributed by atoms with E-state index in [0.29, 0.717) is 12.5 Å². The van der Waals surface area contributed by atoms with Gasteiger partial charge in [0.1, 0.15) is 6.61 Å². The third-order valence-corrected chi connectivity index (χ3v) is 3.79. The van der Waals surface area contributed by atoms with Gasteiger partial charge in [-0.15, -0.1) is 0 Å². The molecule has 0 saturated heterocycles. The molecule has 0 aromatic carbocycles. The Morgan fingerprint density at radius 1 is 1.35 bits per heavy atom. The normalized spacial score (nSPS) is 16.9. The first-order valence-electron chi connectivity index (χ1n) is 7.97. The maximum atomic E-state index is 5.76. The first-order chi connectivity index (χ1) is 9.74. The largest absolute Gasteiger partial charge is 0.373 e. The molecule has 1 N–H and O–H groups in total. The van der Waals surface area contributed by atoms with Gasteiger partial charge in [-0.2, -0.15) is 0 Å². The maximum absolute atomic E-state index is 5.76. The number of ether oxygens (including phenoxy) is 1. The van der Waals surface area contributed by atoms with Gasteiger partial charge in [0.15, 0.2) is 5.76 Å². The van der Waals surface area contributed by atoms with Gasteiger partial charge in [0.05, 0.1) is 5.69 Å². The molecule has 0 unspecified atom stereocenters. The van der Waals surface area contributed by atoms with Crippen molar-refractivity contribution in [2.45, 2.75) is 59.1 Å². The van der Waals surface area contributed by atoms with Gasteiger partial charge < -0.3 is 14.6 Å². The van der Waals surface area contributed by atoms with Crippen LogP contribution in [0.25, 0.3) is 0 Å². The molecule has 0 aliphatic heterocycles. The standard InChI is InChI=1S/C16H28N2O2/c1-13(2)9-17-10-15-8-16(20-18-15)12-19-11-14-6-4-3-5-7-14/h8,13-14,17H,3-7,9-12H2,1-2H3. The van der Waals surface area contributed by atoms with Gasteiger partial charge in [-0.1, -0.05) is 38.3 Å². The van der Waals surface area contributed by atoms with Crippen molar-refractivity contribution in [3.05, 3.63) is 17.5 Å². The van der Waals surface area contributed by atoms with E-state index in [-0.39, 0.29) is 0 Å². The van der Waals surface area contributed by atoms with Crippen molar-refractivity contribution in [2.24, 2.45) is 11.8 Å².